The van der Waals surface area contributed by atoms with E-state index in [0.717, 1.165) is 25.9 Å². The van der Waals surface area contributed by atoms with E-state index in [2.05, 4.69) is 16.0 Å². The molecule has 0 saturated carbocycles. The van der Waals surface area contributed by atoms with Crippen molar-refractivity contribution in [3.8, 4) is 0 Å². The van der Waals surface area contributed by atoms with E-state index >= 15 is 0 Å². The van der Waals surface area contributed by atoms with Crippen LogP contribution in [-0.4, -0.2) is 32.2 Å². The monoisotopic (exact) mass is 157 g/mol. The van der Waals surface area contributed by atoms with Gasteiger partial charge in [0.2, 0.25) is 0 Å². The molecule has 1 rings (SSSR count). The Labute approximate surface area is 66.7 Å². The Bertz CT molecular complexity index is 132. The predicted octanol–water partition coefficient (Wildman–Crippen LogP) is -0.333. The van der Waals surface area contributed by atoms with E-state index in [1.54, 1.807) is 7.05 Å². The van der Waals surface area contributed by atoms with Crippen LogP contribution in [-0.2, 0) is 0 Å². The maximum absolute atomic E-state index is 10.8. The fraction of sp³-hybridized carbons (Fsp3) is 0.857. The minimum absolute atomic E-state index is 0.0845. The molecule has 1 fully saturated rings. The maximum Gasteiger partial charge on any atom is 0.314 e. The van der Waals surface area contributed by atoms with Gasteiger partial charge in [-0.1, -0.05) is 0 Å². The minimum Gasteiger partial charge on any atom is -0.341 e. The lowest BCUT2D eigenvalue weighted by Crippen LogP contribution is -2.48. The second-order valence-electron chi connectivity index (χ2n) is 2.77. The van der Waals surface area contributed by atoms with E-state index in [0.29, 0.717) is 6.04 Å². The van der Waals surface area contributed by atoms with Crippen LogP contribution in [0.25, 0.3) is 0 Å². The highest BCUT2D eigenvalue weighted by Gasteiger charge is 2.13. The lowest BCUT2D eigenvalue weighted by atomic mass is 10.1. The van der Waals surface area contributed by atoms with Crippen LogP contribution in [0.4, 0.5) is 4.79 Å². The summed E-state index contributed by atoms with van der Waals surface area (Å²) in [5, 5.41) is 8.61. The smallest absolute Gasteiger partial charge is 0.314 e. The zero-order chi connectivity index (χ0) is 8.10. The van der Waals surface area contributed by atoms with Crippen LogP contribution in [0.15, 0.2) is 0 Å². The molecule has 11 heavy (non-hydrogen) atoms. The molecular weight excluding hydrogens is 142 g/mol. The summed E-state index contributed by atoms with van der Waals surface area (Å²) in [7, 11) is 1.63. The minimum atomic E-state index is -0.0845. The molecule has 64 valence electrons. The molecular formula is C7H15N3O. The van der Waals surface area contributed by atoms with Crippen LogP contribution < -0.4 is 16.0 Å². The molecule has 0 spiro atoms. The fourth-order valence-corrected chi connectivity index (χ4v) is 1.23. The molecule has 0 aromatic heterocycles. The Morgan fingerprint density at radius 3 is 3.00 bits per heavy atom. The Balaban J connectivity index is 2.19. The first-order valence-corrected chi connectivity index (χ1v) is 4.02. The number of amides is 2. The molecule has 1 atom stereocenters. The van der Waals surface area contributed by atoms with Gasteiger partial charge in [-0.2, -0.15) is 0 Å². The van der Waals surface area contributed by atoms with Gasteiger partial charge < -0.3 is 16.0 Å². The van der Waals surface area contributed by atoms with Gasteiger partial charge in [0.15, 0.2) is 0 Å². The molecule has 0 radical (unpaired) electrons. The Kier molecular flexibility index (Phi) is 3.16. The molecule has 4 heteroatoms. The first-order valence-electron chi connectivity index (χ1n) is 4.02. The molecule has 1 unspecified atom stereocenters. The molecule has 1 aliphatic rings. The summed E-state index contributed by atoms with van der Waals surface area (Å²) in [6.45, 7) is 1.97. The van der Waals surface area contributed by atoms with Gasteiger partial charge in [0.1, 0.15) is 0 Å². The Morgan fingerprint density at radius 2 is 2.45 bits per heavy atom. The van der Waals surface area contributed by atoms with Crippen molar-refractivity contribution < 1.29 is 4.79 Å². The average molecular weight is 157 g/mol. The number of hydrogen-bond donors (Lipinski definition) is 3. The molecule has 1 heterocycles. The van der Waals surface area contributed by atoms with Crippen LogP contribution in [0.5, 0.6) is 0 Å². The number of urea groups is 1. The van der Waals surface area contributed by atoms with Crippen molar-refractivity contribution in [2.45, 2.75) is 18.9 Å². The van der Waals surface area contributed by atoms with E-state index in [-0.39, 0.29) is 6.03 Å². The normalized spacial score (nSPS) is 24.3. The molecule has 3 N–H and O–H groups in total. The van der Waals surface area contributed by atoms with Crippen molar-refractivity contribution in [3.63, 3.8) is 0 Å². The lowest BCUT2D eigenvalue weighted by molar-refractivity contribution is 0.236. The van der Waals surface area contributed by atoms with Crippen LogP contribution in [0.2, 0.25) is 0 Å². The van der Waals surface area contributed by atoms with Gasteiger partial charge >= 0.3 is 6.03 Å². The van der Waals surface area contributed by atoms with E-state index in [4.69, 9.17) is 0 Å². The van der Waals surface area contributed by atoms with Crippen molar-refractivity contribution in [1.29, 1.82) is 0 Å². The second kappa shape index (κ2) is 4.18. The SMILES string of the molecule is CNC(=O)NC1CCCNC1. The molecule has 0 aliphatic carbocycles. The van der Waals surface area contributed by atoms with Gasteiger partial charge in [-0.3, -0.25) is 0 Å². The summed E-state index contributed by atoms with van der Waals surface area (Å²) in [5.41, 5.74) is 0. The van der Waals surface area contributed by atoms with Gasteiger partial charge in [0.25, 0.3) is 0 Å². The number of rotatable bonds is 1. The zero-order valence-electron chi connectivity index (χ0n) is 6.81. The standard InChI is InChI=1S/C7H15N3O/c1-8-7(11)10-6-3-2-4-9-5-6/h6,9H,2-5H2,1H3,(H2,8,10,11). The van der Waals surface area contributed by atoms with E-state index in [1.165, 1.54) is 0 Å². The third-order valence-corrected chi connectivity index (χ3v) is 1.86. The summed E-state index contributed by atoms with van der Waals surface area (Å²) in [6.07, 6.45) is 2.23. The van der Waals surface area contributed by atoms with Crippen LogP contribution in [0, 0.1) is 0 Å². The molecule has 0 aromatic rings. The van der Waals surface area contributed by atoms with Crippen LogP contribution in [0.3, 0.4) is 0 Å². The van der Waals surface area contributed by atoms with Gasteiger partial charge in [-0.15, -0.1) is 0 Å². The highest BCUT2D eigenvalue weighted by molar-refractivity contribution is 5.73. The summed E-state index contributed by atoms with van der Waals surface area (Å²) in [4.78, 5) is 10.8. The van der Waals surface area contributed by atoms with E-state index in [1.807, 2.05) is 0 Å². The highest BCUT2D eigenvalue weighted by Crippen LogP contribution is 2.00. The van der Waals surface area contributed by atoms with Gasteiger partial charge in [0.05, 0.1) is 0 Å². The van der Waals surface area contributed by atoms with Gasteiger partial charge in [0, 0.05) is 19.6 Å². The summed E-state index contributed by atoms with van der Waals surface area (Å²) < 4.78 is 0. The van der Waals surface area contributed by atoms with Crippen molar-refractivity contribution in [1.82, 2.24) is 16.0 Å². The summed E-state index contributed by atoms with van der Waals surface area (Å²) >= 11 is 0. The number of carbonyl (C=O) groups is 1. The van der Waals surface area contributed by atoms with Crippen LogP contribution >= 0.6 is 0 Å². The Morgan fingerprint density at radius 1 is 1.64 bits per heavy atom. The molecule has 1 aliphatic heterocycles. The summed E-state index contributed by atoms with van der Waals surface area (Å²) in [6, 6.07) is 0.224. The third kappa shape index (κ3) is 2.76. The largest absolute Gasteiger partial charge is 0.341 e. The van der Waals surface area contributed by atoms with E-state index < -0.39 is 0 Å². The van der Waals surface area contributed by atoms with Gasteiger partial charge in [-0.05, 0) is 19.4 Å². The molecule has 4 nitrogen and oxygen atoms in total. The number of piperidine rings is 1. The molecule has 2 amide bonds. The Hall–Kier alpha value is -0.770. The zero-order valence-corrected chi connectivity index (χ0v) is 6.81. The maximum atomic E-state index is 10.8. The highest BCUT2D eigenvalue weighted by atomic mass is 16.2. The first-order chi connectivity index (χ1) is 5.33. The molecule has 1 saturated heterocycles. The third-order valence-electron chi connectivity index (χ3n) is 1.86. The fourth-order valence-electron chi connectivity index (χ4n) is 1.23. The second-order valence-corrected chi connectivity index (χ2v) is 2.77. The summed E-state index contributed by atoms with van der Waals surface area (Å²) in [5.74, 6) is 0. The quantitative estimate of drug-likeness (QED) is 0.488. The topological polar surface area (TPSA) is 53.2 Å². The molecule has 0 bridgehead atoms. The first kappa shape index (κ1) is 8.33. The molecule has 0 aromatic carbocycles. The number of hydrogen-bond acceptors (Lipinski definition) is 2. The van der Waals surface area contributed by atoms with Crippen molar-refractivity contribution in [2.75, 3.05) is 20.1 Å². The average Bonchev–Trinajstić information content (AvgIpc) is 2.06. The van der Waals surface area contributed by atoms with Gasteiger partial charge in [-0.25, -0.2) is 4.79 Å². The number of carbonyl (C=O) groups excluding carboxylic acids is 1. The van der Waals surface area contributed by atoms with Crippen LogP contribution in [0.1, 0.15) is 12.8 Å². The van der Waals surface area contributed by atoms with Crippen molar-refractivity contribution in [3.05, 3.63) is 0 Å². The lowest BCUT2D eigenvalue weighted by Gasteiger charge is -2.23. The van der Waals surface area contributed by atoms with Crippen molar-refractivity contribution >= 4 is 6.03 Å². The van der Waals surface area contributed by atoms with Crippen molar-refractivity contribution in [2.24, 2.45) is 0 Å². The predicted molar refractivity (Wildman–Crippen MR) is 43.5 cm³/mol. The van der Waals surface area contributed by atoms with E-state index in [9.17, 15) is 4.79 Å². The number of nitrogens with one attached hydrogen (secondary N) is 3.